The van der Waals surface area contributed by atoms with Gasteiger partial charge < -0.3 is 10.4 Å². The van der Waals surface area contributed by atoms with Crippen molar-refractivity contribution in [2.24, 2.45) is 0 Å². The summed E-state index contributed by atoms with van der Waals surface area (Å²) in [7, 11) is -3.18. The van der Waals surface area contributed by atoms with E-state index in [4.69, 9.17) is 0 Å². The molecule has 0 amide bonds. The highest BCUT2D eigenvalue weighted by Crippen LogP contribution is 2.24. The molecule has 7 heteroatoms. The van der Waals surface area contributed by atoms with Gasteiger partial charge in [-0.15, -0.1) is 0 Å². The van der Waals surface area contributed by atoms with Gasteiger partial charge in [-0.05, 0) is 23.6 Å². The Balaban J connectivity index is 2.10. The topological polar surface area (TPSA) is 91.3 Å². The molecule has 0 saturated heterocycles. The van der Waals surface area contributed by atoms with Crippen molar-refractivity contribution < 1.29 is 13.5 Å². The number of phenolic OH excluding ortho intramolecular Hbond substituents is 1. The molecule has 102 valence electrons. The zero-order chi connectivity index (χ0) is 13.9. The Hall–Kier alpha value is -1.86. The lowest BCUT2D eigenvalue weighted by atomic mass is 10.1. The third-order valence-electron chi connectivity index (χ3n) is 2.53. The van der Waals surface area contributed by atoms with Gasteiger partial charge >= 0.3 is 0 Å². The van der Waals surface area contributed by atoms with Gasteiger partial charge in [0.2, 0.25) is 10.0 Å². The number of fused-ring (bicyclic) bond motifs is 1. The summed E-state index contributed by atoms with van der Waals surface area (Å²) in [5.41, 5.74) is 0. The number of rotatable bonds is 5. The molecule has 19 heavy (non-hydrogen) atoms. The highest BCUT2D eigenvalue weighted by atomic mass is 32.2. The Morgan fingerprint density at radius 3 is 2.79 bits per heavy atom. The predicted octanol–water partition coefficient (Wildman–Crippen LogP) is 0.901. The van der Waals surface area contributed by atoms with Crippen LogP contribution in [-0.2, 0) is 10.0 Å². The number of pyridine rings is 1. The first-order valence-electron chi connectivity index (χ1n) is 5.72. The standard InChI is InChI=1S/C12H15N3O3S/c1-19(17,18)15-7-6-14-12-11-8-10(16)3-2-9(11)4-5-13-12/h2-5,8,15-16H,6-7H2,1H3,(H,13,14). The van der Waals surface area contributed by atoms with Crippen molar-refractivity contribution >= 4 is 26.6 Å². The molecule has 0 spiro atoms. The van der Waals surface area contributed by atoms with Crippen LogP contribution in [0.4, 0.5) is 5.82 Å². The molecule has 0 atom stereocenters. The summed E-state index contributed by atoms with van der Waals surface area (Å²) >= 11 is 0. The number of hydrogen-bond donors (Lipinski definition) is 3. The van der Waals surface area contributed by atoms with Gasteiger partial charge in [0, 0.05) is 24.7 Å². The fourth-order valence-corrected chi connectivity index (χ4v) is 2.19. The van der Waals surface area contributed by atoms with Crippen molar-refractivity contribution in [3.63, 3.8) is 0 Å². The fraction of sp³-hybridized carbons (Fsp3) is 0.250. The lowest BCUT2D eigenvalue weighted by Crippen LogP contribution is -2.27. The second-order valence-electron chi connectivity index (χ2n) is 4.16. The minimum atomic E-state index is -3.18. The monoisotopic (exact) mass is 281 g/mol. The van der Waals surface area contributed by atoms with Crippen LogP contribution in [0.5, 0.6) is 5.75 Å². The van der Waals surface area contributed by atoms with Gasteiger partial charge in [0.15, 0.2) is 0 Å². The molecular weight excluding hydrogens is 266 g/mol. The molecule has 1 aromatic carbocycles. The zero-order valence-electron chi connectivity index (χ0n) is 10.4. The lowest BCUT2D eigenvalue weighted by Gasteiger charge is -2.09. The van der Waals surface area contributed by atoms with E-state index in [1.807, 2.05) is 6.07 Å². The Kier molecular flexibility index (Phi) is 3.87. The number of aromatic hydroxyl groups is 1. The van der Waals surface area contributed by atoms with Crippen LogP contribution in [0.15, 0.2) is 30.5 Å². The van der Waals surface area contributed by atoms with Crippen molar-refractivity contribution in [2.45, 2.75) is 0 Å². The van der Waals surface area contributed by atoms with Crippen LogP contribution in [0.1, 0.15) is 0 Å². The average molecular weight is 281 g/mol. The molecule has 1 aromatic heterocycles. The van der Waals surface area contributed by atoms with Gasteiger partial charge in [-0.25, -0.2) is 18.1 Å². The molecule has 1 heterocycles. The van der Waals surface area contributed by atoms with E-state index in [-0.39, 0.29) is 12.3 Å². The van der Waals surface area contributed by atoms with Crippen LogP contribution in [0.3, 0.4) is 0 Å². The summed E-state index contributed by atoms with van der Waals surface area (Å²) in [5.74, 6) is 0.779. The van der Waals surface area contributed by atoms with Gasteiger partial charge in [-0.3, -0.25) is 0 Å². The van der Waals surface area contributed by atoms with Gasteiger partial charge in [-0.1, -0.05) is 6.07 Å². The Labute approximate surface area is 111 Å². The molecule has 0 unspecified atom stereocenters. The molecule has 0 bridgehead atoms. The average Bonchev–Trinajstić information content (AvgIpc) is 2.33. The van der Waals surface area contributed by atoms with Crippen molar-refractivity contribution in [3.8, 4) is 5.75 Å². The van der Waals surface area contributed by atoms with Crippen LogP contribution in [0.2, 0.25) is 0 Å². The summed E-state index contributed by atoms with van der Waals surface area (Å²) in [6.45, 7) is 0.685. The first kappa shape index (κ1) is 13.6. The molecule has 0 aliphatic heterocycles. The van der Waals surface area contributed by atoms with Gasteiger partial charge in [0.25, 0.3) is 0 Å². The second-order valence-corrected chi connectivity index (χ2v) is 5.99. The predicted molar refractivity (Wildman–Crippen MR) is 74.7 cm³/mol. The van der Waals surface area contributed by atoms with Crippen molar-refractivity contribution in [1.29, 1.82) is 0 Å². The fourth-order valence-electron chi connectivity index (χ4n) is 1.71. The molecule has 0 aliphatic rings. The molecule has 2 aromatic rings. The van der Waals surface area contributed by atoms with E-state index in [0.29, 0.717) is 12.4 Å². The molecule has 2 rings (SSSR count). The summed E-state index contributed by atoms with van der Waals surface area (Å²) in [6, 6.07) is 6.87. The smallest absolute Gasteiger partial charge is 0.208 e. The van der Waals surface area contributed by atoms with Crippen LogP contribution in [0, 0.1) is 0 Å². The molecule has 0 saturated carbocycles. The molecule has 0 fully saturated rings. The number of nitrogens with one attached hydrogen (secondary N) is 2. The number of benzene rings is 1. The highest BCUT2D eigenvalue weighted by Gasteiger charge is 2.04. The molecule has 0 radical (unpaired) electrons. The van der Waals surface area contributed by atoms with E-state index in [2.05, 4.69) is 15.0 Å². The number of phenols is 1. The first-order chi connectivity index (χ1) is 8.96. The van der Waals surface area contributed by atoms with E-state index >= 15 is 0 Å². The SMILES string of the molecule is CS(=O)(=O)NCCNc1nccc2ccc(O)cc12. The largest absolute Gasteiger partial charge is 0.508 e. The van der Waals surface area contributed by atoms with Crippen molar-refractivity contribution in [1.82, 2.24) is 9.71 Å². The third kappa shape index (κ3) is 3.80. The van der Waals surface area contributed by atoms with Gasteiger partial charge in [0.1, 0.15) is 11.6 Å². The summed E-state index contributed by atoms with van der Waals surface area (Å²) in [5, 5.41) is 14.3. The minimum Gasteiger partial charge on any atom is -0.508 e. The van der Waals surface area contributed by atoms with Crippen LogP contribution < -0.4 is 10.0 Å². The maximum absolute atomic E-state index is 10.9. The molecule has 6 nitrogen and oxygen atoms in total. The normalized spacial score (nSPS) is 11.6. The highest BCUT2D eigenvalue weighted by molar-refractivity contribution is 7.88. The van der Waals surface area contributed by atoms with Crippen LogP contribution >= 0.6 is 0 Å². The van der Waals surface area contributed by atoms with E-state index in [1.54, 1.807) is 24.4 Å². The van der Waals surface area contributed by atoms with E-state index in [0.717, 1.165) is 17.0 Å². The second kappa shape index (κ2) is 5.41. The van der Waals surface area contributed by atoms with Gasteiger partial charge in [-0.2, -0.15) is 0 Å². The van der Waals surface area contributed by atoms with Crippen molar-refractivity contribution in [2.75, 3.05) is 24.7 Å². The Morgan fingerprint density at radius 2 is 2.05 bits per heavy atom. The maximum atomic E-state index is 10.9. The minimum absolute atomic E-state index is 0.165. The maximum Gasteiger partial charge on any atom is 0.208 e. The van der Waals surface area contributed by atoms with E-state index in [1.165, 1.54) is 0 Å². The number of anilines is 1. The zero-order valence-corrected chi connectivity index (χ0v) is 11.2. The quantitative estimate of drug-likeness (QED) is 0.708. The van der Waals surface area contributed by atoms with Gasteiger partial charge in [0.05, 0.1) is 6.26 Å². The molecule has 0 aliphatic carbocycles. The van der Waals surface area contributed by atoms with E-state index in [9.17, 15) is 13.5 Å². The third-order valence-corrected chi connectivity index (χ3v) is 3.26. The Morgan fingerprint density at radius 1 is 1.26 bits per heavy atom. The number of aromatic nitrogens is 1. The number of nitrogens with zero attached hydrogens (tertiary/aromatic N) is 1. The number of sulfonamides is 1. The van der Waals surface area contributed by atoms with Crippen molar-refractivity contribution in [3.05, 3.63) is 30.5 Å². The lowest BCUT2D eigenvalue weighted by molar-refractivity contribution is 0.476. The van der Waals surface area contributed by atoms with E-state index < -0.39 is 10.0 Å². The first-order valence-corrected chi connectivity index (χ1v) is 7.61. The van der Waals surface area contributed by atoms with Crippen LogP contribution in [-0.4, -0.2) is 37.9 Å². The summed E-state index contributed by atoms with van der Waals surface area (Å²) in [4.78, 5) is 4.18. The Bertz CT molecular complexity index is 686. The molecule has 3 N–H and O–H groups in total. The number of hydrogen-bond acceptors (Lipinski definition) is 5. The molecular formula is C12H15N3O3S. The summed E-state index contributed by atoms with van der Waals surface area (Å²) in [6.07, 6.45) is 2.77. The van der Waals surface area contributed by atoms with Crippen LogP contribution in [0.25, 0.3) is 10.8 Å². The summed E-state index contributed by atoms with van der Waals surface area (Å²) < 4.78 is 24.2.